The predicted octanol–water partition coefficient (Wildman–Crippen LogP) is 2.38. The fraction of sp³-hybridized carbons (Fsp3) is 0.750. The molecule has 1 saturated heterocycles. The van der Waals surface area contributed by atoms with E-state index in [0.29, 0.717) is 12.3 Å². The van der Waals surface area contributed by atoms with Crippen molar-refractivity contribution in [2.24, 2.45) is 5.41 Å². The molecule has 118 valence electrons. The van der Waals surface area contributed by atoms with Gasteiger partial charge in [0.1, 0.15) is 0 Å². The first-order chi connectivity index (χ1) is 9.70. The molecule has 0 saturated carbocycles. The minimum atomic E-state index is -2.93. The van der Waals surface area contributed by atoms with Gasteiger partial charge in [0.05, 0.1) is 17.1 Å². The Morgan fingerprint density at radius 2 is 2.14 bits per heavy atom. The van der Waals surface area contributed by atoms with Gasteiger partial charge in [-0.2, -0.15) is 0 Å². The molecular weight excluding hydrogens is 286 g/mol. The Hall–Kier alpha value is -0.810. The smallest absolute Gasteiger partial charge is 0.154 e. The van der Waals surface area contributed by atoms with Crippen molar-refractivity contribution in [1.82, 2.24) is 4.57 Å². The highest BCUT2D eigenvalue weighted by atomic mass is 32.2. The summed E-state index contributed by atoms with van der Waals surface area (Å²) in [6.45, 7) is 6.89. The third kappa shape index (κ3) is 2.66. The average Bonchev–Trinajstić information content (AvgIpc) is 2.82. The summed E-state index contributed by atoms with van der Waals surface area (Å²) >= 11 is 0. The van der Waals surface area contributed by atoms with Gasteiger partial charge in [-0.25, -0.2) is 8.42 Å². The molecule has 0 aromatic carbocycles. The number of rotatable bonds is 2. The Morgan fingerprint density at radius 1 is 1.43 bits per heavy atom. The van der Waals surface area contributed by atoms with E-state index < -0.39 is 15.9 Å². The van der Waals surface area contributed by atoms with Crippen LogP contribution in [0.2, 0.25) is 0 Å². The Bertz CT molecular complexity index is 657. The zero-order valence-corrected chi connectivity index (χ0v) is 13.9. The number of fused-ring (bicyclic) bond motifs is 1. The van der Waals surface area contributed by atoms with Crippen LogP contribution >= 0.6 is 0 Å². The largest absolute Gasteiger partial charge is 0.388 e. The number of hydrogen-bond acceptors (Lipinski definition) is 3. The van der Waals surface area contributed by atoms with Crippen molar-refractivity contribution in [3.63, 3.8) is 0 Å². The lowest BCUT2D eigenvalue weighted by Gasteiger charge is -2.34. The number of aromatic nitrogens is 1. The first-order valence-corrected chi connectivity index (χ1v) is 9.50. The maximum atomic E-state index is 12.1. The Morgan fingerprint density at radius 3 is 2.76 bits per heavy atom. The molecule has 1 fully saturated rings. The summed E-state index contributed by atoms with van der Waals surface area (Å²) in [6, 6.07) is 2.04. The molecule has 2 unspecified atom stereocenters. The lowest BCUT2D eigenvalue weighted by Crippen LogP contribution is -2.29. The topological polar surface area (TPSA) is 59.3 Å². The van der Waals surface area contributed by atoms with Gasteiger partial charge >= 0.3 is 0 Å². The summed E-state index contributed by atoms with van der Waals surface area (Å²) < 4.78 is 26.3. The van der Waals surface area contributed by atoms with Crippen LogP contribution in [0.25, 0.3) is 0 Å². The van der Waals surface area contributed by atoms with Gasteiger partial charge in [0.2, 0.25) is 0 Å². The fourth-order valence-corrected chi connectivity index (χ4v) is 5.73. The Balaban J connectivity index is 1.97. The third-order valence-corrected chi connectivity index (χ3v) is 7.31. The van der Waals surface area contributed by atoms with E-state index in [1.54, 1.807) is 0 Å². The lowest BCUT2D eigenvalue weighted by atomic mass is 9.75. The van der Waals surface area contributed by atoms with Crippen LogP contribution in [0, 0.1) is 12.3 Å². The van der Waals surface area contributed by atoms with E-state index in [2.05, 4.69) is 18.4 Å². The molecule has 1 aliphatic heterocycles. The van der Waals surface area contributed by atoms with E-state index in [9.17, 15) is 13.5 Å². The standard InChI is InChI=1S/C16H25NO3S/c1-11-7-13-14(8-16(2,3)9-15(13)18)17(11)10-12-5-4-6-21(12,19)20/h7,12,15,18H,4-6,8-10H2,1-3H3. The monoisotopic (exact) mass is 311 g/mol. The van der Waals surface area contributed by atoms with Crippen LogP contribution < -0.4 is 0 Å². The Kier molecular flexibility index (Phi) is 3.49. The second-order valence-electron chi connectivity index (χ2n) is 7.49. The summed E-state index contributed by atoms with van der Waals surface area (Å²) in [6.07, 6.45) is 2.79. The molecule has 0 bridgehead atoms. The number of aryl methyl sites for hydroxylation is 1. The van der Waals surface area contributed by atoms with Crippen LogP contribution in [0.5, 0.6) is 0 Å². The molecule has 1 aromatic rings. The second kappa shape index (κ2) is 4.85. The summed E-state index contributed by atoms with van der Waals surface area (Å²) in [5.41, 5.74) is 3.27. The van der Waals surface area contributed by atoms with E-state index in [1.165, 1.54) is 0 Å². The first kappa shape index (κ1) is 15.1. The maximum Gasteiger partial charge on any atom is 0.154 e. The Labute approximate surface area is 127 Å². The van der Waals surface area contributed by atoms with Crippen molar-refractivity contribution in [2.75, 3.05) is 5.75 Å². The molecule has 2 aliphatic rings. The van der Waals surface area contributed by atoms with E-state index in [0.717, 1.165) is 42.6 Å². The van der Waals surface area contributed by atoms with E-state index in [-0.39, 0.29) is 10.7 Å². The summed E-state index contributed by atoms with van der Waals surface area (Å²) in [5, 5.41) is 10.1. The number of aliphatic hydroxyl groups excluding tert-OH is 1. The van der Waals surface area contributed by atoms with E-state index in [4.69, 9.17) is 0 Å². The van der Waals surface area contributed by atoms with Crippen LogP contribution in [0.4, 0.5) is 0 Å². The van der Waals surface area contributed by atoms with Gasteiger partial charge < -0.3 is 9.67 Å². The van der Waals surface area contributed by atoms with Gasteiger partial charge in [-0.05, 0) is 44.1 Å². The molecule has 0 radical (unpaired) electrons. The highest BCUT2D eigenvalue weighted by molar-refractivity contribution is 7.92. The van der Waals surface area contributed by atoms with Gasteiger partial charge in [-0.3, -0.25) is 0 Å². The zero-order chi connectivity index (χ0) is 15.4. The van der Waals surface area contributed by atoms with E-state index >= 15 is 0 Å². The number of aliphatic hydroxyl groups is 1. The van der Waals surface area contributed by atoms with Crippen LogP contribution in [-0.2, 0) is 22.8 Å². The van der Waals surface area contributed by atoms with Crippen LogP contribution in [0.15, 0.2) is 6.07 Å². The number of sulfone groups is 1. The molecule has 21 heavy (non-hydrogen) atoms. The molecule has 5 heteroatoms. The SMILES string of the molecule is Cc1cc2c(n1CC1CCCS1(=O)=O)CC(C)(C)CC2O. The van der Waals surface area contributed by atoms with E-state index in [1.807, 2.05) is 13.0 Å². The molecule has 0 amide bonds. The minimum Gasteiger partial charge on any atom is -0.388 e. The lowest BCUT2D eigenvalue weighted by molar-refractivity contribution is 0.0979. The van der Waals surface area contributed by atoms with Crippen molar-refractivity contribution in [1.29, 1.82) is 0 Å². The van der Waals surface area contributed by atoms with Gasteiger partial charge in [-0.15, -0.1) is 0 Å². The molecule has 2 atom stereocenters. The van der Waals surface area contributed by atoms with Crippen molar-refractivity contribution in [3.05, 3.63) is 23.0 Å². The molecular formula is C16H25NO3S. The van der Waals surface area contributed by atoms with Crippen LogP contribution in [0.3, 0.4) is 0 Å². The molecule has 4 nitrogen and oxygen atoms in total. The quantitative estimate of drug-likeness (QED) is 0.912. The van der Waals surface area contributed by atoms with Gasteiger partial charge in [-0.1, -0.05) is 13.8 Å². The summed E-state index contributed by atoms with van der Waals surface area (Å²) in [4.78, 5) is 0. The van der Waals surface area contributed by atoms with Crippen LogP contribution in [0.1, 0.15) is 56.2 Å². The molecule has 2 heterocycles. The van der Waals surface area contributed by atoms with Crippen molar-refractivity contribution < 1.29 is 13.5 Å². The van der Waals surface area contributed by atoms with Gasteiger partial charge in [0, 0.05) is 23.5 Å². The number of nitrogens with zero attached hydrogens (tertiary/aromatic N) is 1. The fourth-order valence-electron chi connectivity index (χ4n) is 3.92. The minimum absolute atomic E-state index is 0.0590. The maximum absolute atomic E-state index is 12.1. The molecule has 0 spiro atoms. The normalized spacial score (nSPS) is 30.3. The van der Waals surface area contributed by atoms with Crippen molar-refractivity contribution in [3.8, 4) is 0 Å². The summed E-state index contributed by atoms with van der Waals surface area (Å²) in [7, 11) is -2.93. The molecule has 1 aromatic heterocycles. The summed E-state index contributed by atoms with van der Waals surface area (Å²) in [5.74, 6) is 0.328. The average molecular weight is 311 g/mol. The number of hydrogen-bond donors (Lipinski definition) is 1. The van der Waals surface area contributed by atoms with Crippen LogP contribution in [-0.4, -0.2) is 29.1 Å². The highest BCUT2D eigenvalue weighted by Gasteiger charge is 2.36. The second-order valence-corrected chi connectivity index (χ2v) is 9.89. The highest BCUT2D eigenvalue weighted by Crippen LogP contribution is 2.42. The van der Waals surface area contributed by atoms with Crippen molar-refractivity contribution >= 4 is 9.84 Å². The first-order valence-electron chi connectivity index (χ1n) is 7.78. The predicted molar refractivity (Wildman–Crippen MR) is 83.0 cm³/mol. The molecule has 1 N–H and O–H groups in total. The third-order valence-electron chi connectivity index (χ3n) is 5.05. The molecule has 1 aliphatic carbocycles. The van der Waals surface area contributed by atoms with Gasteiger partial charge in [0.15, 0.2) is 9.84 Å². The zero-order valence-electron chi connectivity index (χ0n) is 13.1. The van der Waals surface area contributed by atoms with Gasteiger partial charge in [0.25, 0.3) is 0 Å². The van der Waals surface area contributed by atoms with Crippen molar-refractivity contribution in [2.45, 2.75) is 64.4 Å². The molecule has 3 rings (SSSR count).